The van der Waals surface area contributed by atoms with Gasteiger partial charge in [-0.05, 0) is 15.9 Å². The average Bonchev–Trinajstić information content (AvgIpc) is 2.09. The number of hydrogen-bond donors (Lipinski definition) is 2. The van der Waals surface area contributed by atoms with Crippen LogP contribution < -0.4 is 5.46 Å². The van der Waals surface area contributed by atoms with Crippen molar-refractivity contribution < 1.29 is 19.2 Å². The first-order valence-corrected chi connectivity index (χ1v) is 4.16. The van der Waals surface area contributed by atoms with Crippen molar-refractivity contribution in [2.24, 2.45) is 0 Å². The van der Waals surface area contributed by atoms with E-state index < -0.39 is 12.9 Å². The molecule has 68 valence electrons. The van der Waals surface area contributed by atoms with Gasteiger partial charge in [-0.2, -0.15) is 0 Å². The normalized spacial score (nSPS) is 9.85. The Balaban J connectivity index is 3.31. The number of aldehydes is 1. The zero-order valence-electron chi connectivity index (χ0n) is 6.37. The molecule has 0 bridgehead atoms. The zero-order chi connectivity index (χ0) is 10.0. The summed E-state index contributed by atoms with van der Waals surface area (Å²) in [6.45, 7) is 0. The molecule has 0 amide bonds. The molecule has 0 fully saturated rings. The van der Waals surface area contributed by atoms with Crippen LogP contribution in [0.3, 0.4) is 0 Å². The third-order valence-electron chi connectivity index (χ3n) is 1.55. The maximum absolute atomic E-state index is 13.2. The summed E-state index contributed by atoms with van der Waals surface area (Å²) in [5, 5.41) is 17.4. The minimum Gasteiger partial charge on any atom is -0.423 e. The van der Waals surface area contributed by atoms with E-state index in [0.29, 0.717) is 6.29 Å². The standard InChI is InChI=1S/C7H5BBrFO3/c9-6-4(3-11)1-2-5(7(6)10)8(12)13/h1-3,12-13H. The molecule has 13 heavy (non-hydrogen) atoms. The molecule has 3 nitrogen and oxygen atoms in total. The number of benzene rings is 1. The Hall–Kier alpha value is -0.715. The highest BCUT2D eigenvalue weighted by molar-refractivity contribution is 9.10. The molecule has 0 aliphatic carbocycles. The Morgan fingerprint density at radius 1 is 1.46 bits per heavy atom. The van der Waals surface area contributed by atoms with Crippen LogP contribution in [0.25, 0.3) is 0 Å². The number of rotatable bonds is 2. The van der Waals surface area contributed by atoms with Crippen molar-refractivity contribution in [1.29, 1.82) is 0 Å². The summed E-state index contributed by atoms with van der Waals surface area (Å²) >= 11 is 2.83. The molecule has 0 saturated heterocycles. The second kappa shape index (κ2) is 4.00. The lowest BCUT2D eigenvalue weighted by molar-refractivity contribution is 0.112. The summed E-state index contributed by atoms with van der Waals surface area (Å²) in [5.41, 5.74) is -0.139. The maximum Gasteiger partial charge on any atom is 0.491 e. The molecule has 0 aromatic heterocycles. The molecule has 0 atom stereocenters. The van der Waals surface area contributed by atoms with Gasteiger partial charge >= 0.3 is 7.12 Å². The number of carbonyl (C=O) groups excluding carboxylic acids is 1. The predicted octanol–water partition coefficient (Wildman–Crippen LogP) is 0.0805. The van der Waals surface area contributed by atoms with Gasteiger partial charge in [-0.15, -0.1) is 0 Å². The third-order valence-corrected chi connectivity index (χ3v) is 2.35. The van der Waals surface area contributed by atoms with Crippen molar-refractivity contribution >= 4 is 34.8 Å². The highest BCUT2D eigenvalue weighted by Gasteiger charge is 2.19. The molecule has 0 heterocycles. The van der Waals surface area contributed by atoms with Gasteiger partial charge in [0.15, 0.2) is 6.29 Å². The number of hydrogen-bond acceptors (Lipinski definition) is 3. The molecule has 0 aliphatic heterocycles. The monoisotopic (exact) mass is 246 g/mol. The fraction of sp³-hybridized carbons (Fsp3) is 0. The Bertz CT molecular complexity index is 343. The van der Waals surface area contributed by atoms with Crippen molar-refractivity contribution in [2.75, 3.05) is 0 Å². The highest BCUT2D eigenvalue weighted by atomic mass is 79.9. The van der Waals surface area contributed by atoms with Gasteiger partial charge < -0.3 is 10.0 Å². The van der Waals surface area contributed by atoms with Crippen LogP contribution in [0, 0.1) is 5.82 Å². The van der Waals surface area contributed by atoms with E-state index in [1.165, 1.54) is 6.07 Å². The van der Waals surface area contributed by atoms with Gasteiger partial charge in [0, 0.05) is 11.0 Å². The van der Waals surface area contributed by atoms with Crippen LogP contribution in [0.5, 0.6) is 0 Å². The third kappa shape index (κ3) is 1.96. The Labute approximate surface area is 82.5 Å². The van der Waals surface area contributed by atoms with Crippen molar-refractivity contribution in [3.63, 3.8) is 0 Å². The molecule has 1 rings (SSSR count). The first-order valence-electron chi connectivity index (χ1n) is 3.37. The van der Waals surface area contributed by atoms with Gasteiger partial charge in [-0.1, -0.05) is 12.1 Å². The lowest BCUT2D eigenvalue weighted by Crippen LogP contribution is -2.33. The molecule has 0 unspecified atom stereocenters. The topological polar surface area (TPSA) is 57.5 Å². The summed E-state index contributed by atoms with van der Waals surface area (Å²) in [6, 6.07) is 2.45. The smallest absolute Gasteiger partial charge is 0.423 e. The molecule has 2 N–H and O–H groups in total. The SMILES string of the molecule is O=Cc1ccc(B(O)O)c(F)c1Br. The molecular weight excluding hydrogens is 242 g/mol. The maximum atomic E-state index is 13.2. The Morgan fingerprint density at radius 3 is 2.54 bits per heavy atom. The van der Waals surface area contributed by atoms with E-state index in [0.717, 1.165) is 6.07 Å². The van der Waals surface area contributed by atoms with E-state index in [-0.39, 0.29) is 15.5 Å². The molecule has 1 aromatic rings. The van der Waals surface area contributed by atoms with Crippen LogP contribution in [-0.4, -0.2) is 23.5 Å². The van der Waals surface area contributed by atoms with Crippen LogP contribution in [0.4, 0.5) is 4.39 Å². The van der Waals surface area contributed by atoms with E-state index in [1.54, 1.807) is 0 Å². The van der Waals surface area contributed by atoms with Crippen molar-refractivity contribution in [3.8, 4) is 0 Å². The fourth-order valence-electron chi connectivity index (χ4n) is 0.870. The second-order valence-electron chi connectivity index (χ2n) is 2.36. The first-order chi connectivity index (χ1) is 6.07. The number of halogens is 2. The van der Waals surface area contributed by atoms with Crippen molar-refractivity contribution in [2.45, 2.75) is 0 Å². The van der Waals surface area contributed by atoms with Crippen molar-refractivity contribution in [3.05, 3.63) is 28.0 Å². The van der Waals surface area contributed by atoms with E-state index in [4.69, 9.17) is 10.0 Å². The van der Waals surface area contributed by atoms with E-state index >= 15 is 0 Å². The summed E-state index contributed by atoms with van der Waals surface area (Å²) < 4.78 is 13.1. The fourth-order valence-corrected chi connectivity index (χ4v) is 1.32. The summed E-state index contributed by atoms with van der Waals surface area (Å²) in [6.07, 6.45) is 0.473. The van der Waals surface area contributed by atoms with Crippen molar-refractivity contribution in [1.82, 2.24) is 0 Å². The van der Waals surface area contributed by atoms with E-state index in [2.05, 4.69) is 15.9 Å². The summed E-state index contributed by atoms with van der Waals surface area (Å²) in [5.74, 6) is -0.834. The lowest BCUT2D eigenvalue weighted by atomic mass is 9.79. The van der Waals surface area contributed by atoms with Crippen LogP contribution in [0.15, 0.2) is 16.6 Å². The van der Waals surface area contributed by atoms with E-state index in [1.807, 2.05) is 0 Å². The molecule has 6 heteroatoms. The van der Waals surface area contributed by atoms with Gasteiger partial charge in [0.25, 0.3) is 0 Å². The van der Waals surface area contributed by atoms with Crippen LogP contribution >= 0.6 is 15.9 Å². The van der Waals surface area contributed by atoms with Crippen LogP contribution in [-0.2, 0) is 0 Å². The molecule has 0 spiro atoms. The quantitative estimate of drug-likeness (QED) is 0.574. The van der Waals surface area contributed by atoms with E-state index in [9.17, 15) is 9.18 Å². The summed E-state index contributed by atoms with van der Waals surface area (Å²) in [7, 11) is -1.88. The lowest BCUT2D eigenvalue weighted by Gasteiger charge is -2.04. The minimum atomic E-state index is -1.88. The van der Waals surface area contributed by atoms with Crippen LogP contribution in [0.2, 0.25) is 0 Å². The van der Waals surface area contributed by atoms with Crippen LogP contribution in [0.1, 0.15) is 10.4 Å². The highest BCUT2D eigenvalue weighted by Crippen LogP contribution is 2.17. The molecular formula is C7H5BBrFO3. The molecule has 0 aliphatic rings. The van der Waals surface area contributed by atoms with Gasteiger partial charge in [0.1, 0.15) is 5.82 Å². The van der Waals surface area contributed by atoms with Gasteiger partial charge in [-0.3, -0.25) is 4.79 Å². The second-order valence-corrected chi connectivity index (χ2v) is 3.16. The minimum absolute atomic E-state index is 0.0619. The predicted molar refractivity (Wildman–Crippen MR) is 49.3 cm³/mol. The Morgan fingerprint density at radius 2 is 2.08 bits per heavy atom. The number of carbonyl (C=O) groups is 1. The average molecular weight is 247 g/mol. The molecule has 0 radical (unpaired) electrons. The van der Waals surface area contributed by atoms with Gasteiger partial charge in [-0.25, -0.2) is 4.39 Å². The largest absolute Gasteiger partial charge is 0.491 e. The molecule has 0 saturated carbocycles. The van der Waals surface area contributed by atoms with Gasteiger partial charge in [0.2, 0.25) is 0 Å². The summed E-state index contributed by atoms with van der Waals surface area (Å²) in [4.78, 5) is 10.3. The van der Waals surface area contributed by atoms with Gasteiger partial charge in [0.05, 0.1) is 4.47 Å². The zero-order valence-corrected chi connectivity index (χ0v) is 7.95. The first kappa shape index (κ1) is 10.4. The molecule has 1 aromatic carbocycles. The Kier molecular flexibility index (Phi) is 3.19.